The van der Waals surface area contributed by atoms with Gasteiger partial charge in [0, 0.05) is 12.6 Å². The molecule has 3 N–H and O–H groups in total. The van der Waals surface area contributed by atoms with E-state index >= 15 is 0 Å². The van der Waals surface area contributed by atoms with Gasteiger partial charge in [-0.05, 0) is 25.7 Å². The van der Waals surface area contributed by atoms with Crippen molar-refractivity contribution in [2.24, 2.45) is 0 Å². The van der Waals surface area contributed by atoms with E-state index < -0.39 is 6.04 Å². The predicted molar refractivity (Wildman–Crippen MR) is 58.9 cm³/mol. The maximum atomic E-state index is 12.1. The van der Waals surface area contributed by atoms with E-state index in [1.807, 2.05) is 0 Å². The molecule has 0 radical (unpaired) electrons. The van der Waals surface area contributed by atoms with Crippen LogP contribution in [0.1, 0.15) is 25.7 Å². The summed E-state index contributed by atoms with van der Waals surface area (Å²) in [6, 6.07) is -0.0336. The Kier molecular flexibility index (Phi) is 3.78. The van der Waals surface area contributed by atoms with Crippen LogP contribution in [-0.4, -0.2) is 58.9 Å². The Morgan fingerprint density at radius 2 is 2.00 bits per heavy atom. The molecule has 92 valence electrons. The summed E-state index contributed by atoms with van der Waals surface area (Å²) in [5.74, 6) is 0.0336. The van der Waals surface area contributed by atoms with Crippen molar-refractivity contribution in [3.8, 4) is 0 Å². The summed E-state index contributed by atoms with van der Waals surface area (Å²) in [4.78, 5) is 13.7. The van der Waals surface area contributed by atoms with Gasteiger partial charge in [-0.1, -0.05) is 0 Å². The van der Waals surface area contributed by atoms with E-state index in [1.54, 1.807) is 4.90 Å². The molecule has 2 fully saturated rings. The fraction of sp³-hybridized carbons (Fsp3) is 0.909. The number of nitrogens with zero attached hydrogens (tertiary/aromatic N) is 1. The molecule has 16 heavy (non-hydrogen) atoms. The van der Waals surface area contributed by atoms with Gasteiger partial charge in [-0.2, -0.15) is 0 Å². The van der Waals surface area contributed by atoms with E-state index in [4.69, 9.17) is 10.2 Å². The highest BCUT2D eigenvalue weighted by atomic mass is 16.3. The Hall–Kier alpha value is -0.650. The van der Waals surface area contributed by atoms with Crippen molar-refractivity contribution < 1.29 is 15.0 Å². The van der Waals surface area contributed by atoms with Gasteiger partial charge in [0.1, 0.15) is 0 Å². The van der Waals surface area contributed by atoms with Crippen LogP contribution >= 0.6 is 0 Å². The fourth-order valence-corrected chi connectivity index (χ4v) is 2.21. The maximum absolute atomic E-state index is 12.1. The molecule has 1 unspecified atom stereocenters. The molecule has 5 nitrogen and oxygen atoms in total. The van der Waals surface area contributed by atoms with Gasteiger partial charge in [-0.3, -0.25) is 4.79 Å². The Morgan fingerprint density at radius 1 is 1.31 bits per heavy atom. The zero-order valence-corrected chi connectivity index (χ0v) is 9.43. The number of aliphatic hydroxyl groups is 2. The molecular weight excluding hydrogens is 208 g/mol. The first-order valence-electron chi connectivity index (χ1n) is 6.04. The van der Waals surface area contributed by atoms with E-state index in [0.717, 1.165) is 25.7 Å². The second-order valence-electron chi connectivity index (χ2n) is 4.69. The molecular formula is C11H20N2O3. The molecule has 2 aliphatic rings. The van der Waals surface area contributed by atoms with Crippen molar-refractivity contribution in [3.63, 3.8) is 0 Å². The normalized spacial score (nSPS) is 26.6. The topological polar surface area (TPSA) is 72.8 Å². The number of rotatable bonds is 5. The number of hydrogen-bond acceptors (Lipinski definition) is 4. The van der Waals surface area contributed by atoms with E-state index in [9.17, 15) is 4.79 Å². The first-order chi connectivity index (χ1) is 7.76. The quantitative estimate of drug-likeness (QED) is 0.569. The first-order valence-corrected chi connectivity index (χ1v) is 6.04. The zero-order valence-electron chi connectivity index (χ0n) is 9.43. The molecule has 0 aromatic rings. The molecule has 0 spiro atoms. The van der Waals surface area contributed by atoms with Gasteiger partial charge in [-0.25, -0.2) is 0 Å². The molecule has 2 rings (SSSR count). The summed E-state index contributed by atoms with van der Waals surface area (Å²) in [6.45, 7) is 0.310. The lowest BCUT2D eigenvalue weighted by atomic mass is 10.0. The maximum Gasteiger partial charge on any atom is 0.240 e. The van der Waals surface area contributed by atoms with Gasteiger partial charge in [0.15, 0.2) is 0 Å². The smallest absolute Gasteiger partial charge is 0.240 e. The van der Waals surface area contributed by atoms with Crippen molar-refractivity contribution in [2.45, 2.75) is 43.8 Å². The van der Waals surface area contributed by atoms with Crippen molar-refractivity contribution in [1.82, 2.24) is 10.2 Å². The van der Waals surface area contributed by atoms with Gasteiger partial charge < -0.3 is 20.4 Å². The predicted octanol–water partition coefficient (Wildman–Crippen LogP) is -0.917. The van der Waals surface area contributed by atoms with Crippen LogP contribution in [0, 0.1) is 0 Å². The zero-order chi connectivity index (χ0) is 11.5. The third kappa shape index (κ3) is 2.53. The standard InChI is InChI=1S/C11H20N2O3/c14-6-9(7-15)13-5-1-2-10(11(13)16)12-8-3-4-8/h8-10,12,14-15H,1-7H2. The summed E-state index contributed by atoms with van der Waals surface area (Å²) in [6.07, 6.45) is 4.13. The number of carbonyl (C=O) groups is 1. The molecule has 5 heteroatoms. The number of aliphatic hydroxyl groups excluding tert-OH is 2. The van der Waals surface area contributed by atoms with E-state index in [1.165, 1.54) is 0 Å². The van der Waals surface area contributed by atoms with Gasteiger partial charge in [0.05, 0.1) is 25.3 Å². The van der Waals surface area contributed by atoms with Crippen LogP contribution in [0.3, 0.4) is 0 Å². The monoisotopic (exact) mass is 228 g/mol. The number of amides is 1. The Morgan fingerprint density at radius 3 is 2.56 bits per heavy atom. The Balaban J connectivity index is 1.94. The van der Waals surface area contributed by atoms with Crippen LogP contribution in [0.15, 0.2) is 0 Å². The van der Waals surface area contributed by atoms with E-state index in [0.29, 0.717) is 12.6 Å². The van der Waals surface area contributed by atoms with Crippen molar-refractivity contribution in [2.75, 3.05) is 19.8 Å². The molecule has 1 heterocycles. The minimum Gasteiger partial charge on any atom is -0.394 e. The average Bonchev–Trinajstić information content (AvgIpc) is 3.09. The van der Waals surface area contributed by atoms with Crippen molar-refractivity contribution >= 4 is 5.91 Å². The third-order valence-electron chi connectivity index (χ3n) is 3.35. The number of carbonyl (C=O) groups excluding carboxylic acids is 1. The van der Waals surface area contributed by atoms with Crippen LogP contribution in [0.25, 0.3) is 0 Å². The van der Waals surface area contributed by atoms with Crippen LogP contribution < -0.4 is 5.32 Å². The van der Waals surface area contributed by atoms with Crippen LogP contribution in [-0.2, 0) is 4.79 Å². The average molecular weight is 228 g/mol. The van der Waals surface area contributed by atoms with Crippen molar-refractivity contribution in [1.29, 1.82) is 0 Å². The summed E-state index contributed by atoms with van der Waals surface area (Å²) >= 11 is 0. The summed E-state index contributed by atoms with van der Waals surface area (Å²) in [7, 11) is 0. The molecule has 0 bridgehead atoms. The van der Waals surface area contributed by atoms with Crippen LogP contribution in [0.5, 0.6) is 0 Å². The molecule has 1 aliphatic carbocycles. The summed E-state index contributed by atoms with van der Waals surface area (Å²) in [5.41, 5.74) is 0. The number of hydrogen-bond donors (Lipinski definition) is 3. The Labute approximate surface area is 95.4 Å². The van der Waals surface area contributed by atoms with Crippen molar-refractivity contribution in [3.05, 3.63) is 0 Å². The van der Waals surface area contributed by atoms with Gasteiger partial charge in [0.25, 0.3) is 0 Å². The fourth-order valence-electron chi connectivity index (χ4n) is 2.21. The molecule has 1 aliphatic heterocycles. The largest absolute Gasteiger partial charge is 0.394 e. The molecule has 1 saturated carbocycles. The van der Waals surface area contributed by atoms with Crippen LogP contribution in [0.4, 0.5) is 0 Å². The molecule has 1 amide bonds. The van der Waals surface area contributed by atoms with E-state index in [2.05, 4.69) is 5.32 Å². The summed E-state index contributed by atoms with van der Waals surface area (Å²) < 4.78 is 0. The number of nitrogens with one attached hydrogen (secondary N) is 1. The summed E-state index contributed by atoms with van der Waals surface area (Å²) in [5, 5.41) is 21.5. The van der Waals surface area contributed by atoms with E-state index in [-0.39, 0.29) is 25.2 Å². The lowest BCUT2D eigenvalue weighted by Gasteiger charge is -2.37. The highest BCUT2D eigenvalue weighted by Crippen LogP contribution is 2.23. The SMILES string of the molecule is O=C1C(NC2CC2)CCCN1C(CO)CO. The molecule has 1 atom stereocenters. The molecule has 0 aromatic carbocycles. The molecule has 1 saturated heterocycles. The van der Waals surface area contributed by atoms with Crippen LogP contribution in [0.2, 0.25) is 0 Å². The lowest BCUT2D eigenvalue weighted by Crippen LogP contribution is -2.56. The minimum atomic E-state index is -0.434. The van der Waals surface area contributed by atoms with Gasteiger partial charge >= 0.3 is 0 Å². The second-order valence-corrected chi connectivity index (χ2v) is 4.69. The minimum absolute atomic E-state index is 0.0336. The number of piperidine rings is 1. The lowest BCUT2D eigenvalue weighted by molar-refractivity contribution is -0.140. The highest BCUT2D eigenvalue weighted by molar-refractivity contribution is 5.83. The Bertz CT molecular complexity index is 252. The van der Waals surface area contributed by atoms with Gasteiger partial charge in [-0.15, -0.1) is 0 Å². The second kappa shape index (κ2) is 5.12. The number of likely N-dealkylation sites (tertiary alicyclic amines) is 1. The first kappa shape index (κ1) is 11.8. The third-order valence-corrected chi connectivity index (χ3v) is 3.35. The molecule has 0 aromatic heterocycles. The highest BCUT2D eigenvalue weighted by Gasteiger charge is 2.35. The van der Waals surface area contributed by atoms with Gasteiger partial charge in [0.2, 0.25) is 5.91 Å².